The lowest BCUT2D eigenvalue weighted by atomic mass is 9.85. The predicted molar refractivity (Wildman–Crippen MR) is 562 cm³/mol. The Bertz CT molecular complexity index is 7180. The SMILES string of the molecule is CCN1CCN(c2cc(C(=O)Nc3ccc(C)c(-c4cc(N5CCOCC5)c(=O)n(C)c4)c3)cc(C(F)(F)F)c2)CC1.Cc1ccc(NC(=O)c2cc(CN(C)C)cc(C(F)(F)F)c2)cc1-c1cc(N2CCOCC2)c(=O)n(C)c1.Cc1ccc(NC(=O)c2cccc(C(C)(C)C#N)c2)cc1-c1cc(N2CCOCC2)c(=O)n(C)c1.Cc1ccc(NC(=O)c2cccc(C(F)F)c2)cc1-c1cc(N2CCOCC2)c(=O)n(C)c1. The van der Waals surface area contributed by atoms with Gasteiger partial charge >= 0.3 is 12.4 Å². The number of morpholine rings is 4. The van der Waals surface area contributed by atoms with Gasteiger partial charge in [0.1, 0.15) is 22.7 Å². The van der Waals surface area contributed by atoms with Gasteiger partial charge in [-0.3, -0.25) is 38.4 Å². The van der Waals surface area contributed by atoms with Crippen LogP contribution in [0.1, 0.15) is 119 Å². The smallest absolute Gasteiger partial charge is 0.378 e. The Kier molecular flexibility index (Phi) is 35.1. The van der Waals surface area contributed by atoms with Crippen molar-refractivity contribution in [2.75, 3.05) is 198 Å². The summed E-state index contributed by atoms with van der Waals surface area (Å²) in [6.45, 7) is 26.9. The van der Waals surface area contributed by atoms with Crippen LogP contribution in [-0.2, 0) is 71.5 Å². The van der Waals surface area contributed by atoms with Crippen molar-refractivity contribution in [3.8, 4) is 50.6 Å². The number of ether oxygens (including phenoxy) is 4. The minimum absolute atomic E-state index is 0.0436. The summed E-state index contributed by atoms with van der Waals surface area (Å²) in [5.74, 6) is -1.98. The molecule has 9 heterocycles. The van der Waals surface area contributed by atoms with Crippen LogP contribution in [0, 0.1) is 39.0 Å². The number of piperazine rings is 1. The van der Waals surface area contributed by atoms with Gasteiger partial charge in [0.05, 0.1) is 75.5 Å². The van der Waals surface area contributed by atoms with Crippen molar-refractivity contribution >= 4 is 74.8 Å². The minimum atomic E-state index is -4.59. The van der Waals surface area contributed by atoms with E-state index in [2.05, 4.69) is 44.1 Å². The maximum absolute atomic E-state index is 13.8. The number of nitrogens with one attached hydrogen (secondary N) is 4. The summed E-state index contributed by atoms with van der Waals surface area (Å²) >= 11 is 0. The first-order valence-electron chi connectivity index (χ1n) is 48.8. The number of nitriles is 1. The summed E-state index contributed by atoms with van der Waals surface area (Å²) in [5.41, 5.74) is 14.2. The second kappa shape index (κ2) is 47.8. The van der Waals surface area contributed by atoms with E-state index in [9.17, 15) is 78.7 Å². The number of amides is 4. The number of carbonyl (C=O) groups excluding carboxylic acids is 4. The number of pyridine rings is 4. The Morgan fingerprint density at radius 1 is 0.378 bits per heavy atom. The molecule has 0 unspecified atom stereocenters. The van der Waals surface area contributed by atoms with E-state index in [1.54, 1.807) is 123 Å². The number of alkyl halides is 8. The summed E-state index contributed by atoms with van der Waals surface area (Å²) < 4.78 is 136. The van der Waals surface area contributed by atoms with Crippen LogP contribution in [0.5, 0.6) is 0 Å². The lowest BCUT2D eigenvalue weighted by Gasteiger charge is -2.36. The molecule has 0 bridgehead atoms. The second-order valence-electron chi connectivity index (χ2n) is 38.0. The molecule has 5 aliphatic rings. The van der Waals surface area contributed by atoms with E-state index < -0.39 is 53.0 Å². The van der Waals surface area contributed by atoms with Crippen LogP contribution in [0.25, 0.3) is 44.5 Å². The molecule has 4 aromatic heterocycles. The number of nitrogens with zero attached hydrogens (tertiary/aromatic N) is 12. The highest BCUT2D eigenvalue weighted by molar-refractivity contribution is 6.08. The number of hydrogen-bond donors (Lipinski definition) is 4. The molecule has 28 nitrogen and oxygen atoms in total. The Morgan fingerprint density at radius 3 is 1.01 bits per heavy atom. The number of halogens is 8. The average Bonchev–Trinajstić information content (AvgIpc) is 0.789. The second-order valence-corrected chi connectivity index (χ2v) is 38.0. The number of benzene rings is 8. The fourth-order valence-electron chi connectivity index (χ4n) is 18.1. The van der Waals surface area contributed by atoms with E-state index in [-0.39, 0.29) is 56.9 Å². The molecule has 4 amide bonds. The number of likely N-dealkylation sites (N-methyl/N-ethyl adjacent to an activating group) is 1. The van der Waals surface area contributed by atoms with Gasteiger partial charge in [-0.1, -0.05) is 55.5 Å². The Balaban J connectivity index is 0.000000156. The van der Waals surface area contributed by atoms with Gasteiger partial charge in [0.15, 0.2) is 0 Å². The highest BCUT2D eigenvalue weighted by Gasteiger charge is 2.36. The molecule has 4 N–H and O–H groups in total. The Morgan fingerprint density at radius 2 is 0.689 bits per heavy atom. The topological polar surface area (TPSA) is 288 Å². The number of rotatable bonds is 22. The highest BCUT2D eigenvalue weighted by Crippen LogP contribution is 2.39. The van der Waals surface area contributed by atoms with E-state index in [4.69, 9.17) is 18.9 Å². The zero-order valence-corrected chi connectivity index (χ0v) is 85.1. The van der Waals surface area contributed by atoms with Crippen molar-refractivity contribution in [2.24, 2.45) is 28.2 Å². The minimum Gasteiger partial charge on any atom is -0.378 e. The first-order valence-corrected chi connectivity index (χ1v) is 48.8. The molecule has 148 heavy (non-hydrogen) atoms. The standard InChI is InChI=1S/C31H36F3N5O3.C28H31F3N4O3.C28H30N4O3.C25H25F2N3O3/c1-4-37-7-9-38(10-8-37)26-16-22(15-24(18-26)31(32,33)34)29(40)35-25-6-5-21(2)27(19-25)23-17-28(30(41)36(3)20-23)39-11-13-42-14-12-39;1-18-5-6-23(32-26(36)20-11-19(16-33(2)3)12-22(13-20)28(29,30)31)15-24(18)21-14-25(27(37)34(4)17-21)35-7-9-38-10-8-35;1-19-8-9-23(30-26(33)20-6-5-7-22(14-20)28(2,3)18-29)16-24(19)21-15-25(27(34)31(4)17-21)32-10-12-35-13-11-32;1-16-6-7-20(28-24(31)18-5-3-4-17(12-18)23(26)27)14-21(16)19-13-22(25(32)29(2)15-19)30-8-10-33-11-9-30/h5-6,15-20H,4,7-14H2,1-3H3,(H,35,40);5-6,11-15,17H,7-10,16H2,1-4H3,(H,32,36);5-9,14-17H,10-13H2,1-4H3,(H,30,33);3-7,12-15,23H,8-11H2,1-2H3,(H,28,31). The monoisotopic (exact) mass is 2030 g/mol. The fourth-order valence-corrected chi connectivity index (χ4v) is 18.1. The third-order valence-electron chi connectivity index (χ3n) is 26.6. The average molecular weight is 2040 g/mol. The summed E-state index contributed by atoms with van der Waals surface area (Å²) in [4.78, 5) is 117. The molecule has 36 heteroatoms. The van der Waals surface area contributed by atoms with Gasteiger partial charge in [0.25, 0.3) is 52.3 Å². The molecule has 5 saturated heterocycles. The van der Waals surface area contributed by atoms with E-state index >= 15 is 0 Å². The first kappa shape index (κ1) is 109. The van der Waals surface area contributed by atoms with Crippen LogP contribution in [0.3, 0.4) is 0 Å². The van der Waals surface area contributed by atoms with Crippen molar-refractivity contribution in [3.05, 3.63) is 321 Å². The largest absolute Gasteiger partial charge is 0.416 e. The van der Waals surface area contributed by atoms with Gasteiger partial charge in [0, 0.05) is 217 Å². The molecule has 5 fully saturated rings. The third kappa shape index (κ3) is 27.1. The van der Waals surface area contributed by atoms with E-state index in [0.29, 0.717) is 181 Å². The third-order valence-corrected chi connectivity index (χ3v) is 26.6. The molecule has 12 aromatic rings. The summed E-state index contributed by atoms with van der Waals surface area (Å²) in [6.07, 6.45) is -4.73. The molecule has 0 atom stereocenters. The maximum atomic E-state index is 13.8. The van der Waals surface area contributed by atoms with Gasteiger partial charge in [-0.05, 0) is 251 Å². The van der Waals surface area contributed by atoms with Crippen LogP contribution >= 0.6 is 0 Å². The molecule has 0 radical (unpaired) electrons. The van der Waals surface area contributed by atoms with Gasteiger partial charge < -0.3 is 92.8 Å². The number of aromatic nitrogens is 4. The van der Waals surface area contributed by atoms with E-state index in [0.717, 1.165) is 116 Å². The van der Waals surface area contributed by atoms with Crippen LogP contribution in [0.2, 0.25) is 0 Å². The maximum Gasteiger partial charge on any atom is 0.416 e. The van der Waals surface area contributed by atoms with Gasteiger partial charge in [-0.2, -0.15) is 31.6 Å². The molecule has 8 aromatic carbocycles. The molecule has 17 rings (SSSR count). The lowest BCUT2D eigenvalue weighted by molar-refractivity contribution is -0.138. The molecule has 5 aliphatic heterocycles. The number of aryl methyl sites for hydroxylation is 8. The molecular formula is C112H122F8N16O12. The highest BCUT2D eigenvalue weighted by atomic mass is 19.4. The van der Waals surface area contributed by atoms with Crippen molar-refractivity contribution < 1.29 is 73.2 Å². The number of anilines is 9. The molecular weight excluding hydrogens is 1910 g/mol. The van der Waals surface area contributed by atoms with Crippen LogP contribution in [0.15, 0.2) is 226 Å². The van der Waals surface area contributed by atoms with E-state index in [1.807, 2.05) is 140 Å². The van der Waals surface area contributed by atoms with Crippen LogP contribution in [-0.4, -0.2) is 204 Å². The van der Waals surface area contributed by atoms with Gasteiger partial charge in [0.2, 0.25) is 0 Å². The molecule has 778 valence electrons. The number of hydrogen-bond acceptors (Lipinski definition) is 20. The normalized spacial score (nSPS) is 14.7. The van der Waals surface area contributed by atoms with Gasteiger partial charge in [-0.25, -0.2) is 8.78 Å². The van der Waals surface area contributed by atoms with Crippen molar-refractivity contribution in [3.63, 3.8) is 0 Å². The molecule has 0 spiro atoms. The van der Waals surface area contributed by atoms with Crippen molar-refractivity contribution in [1.82, 2.24) is 28.1 Å². The first-order chi connectivity index (χ1) is 70.5. The molecule has 0 aliphatic carbocycles. The predicted octanol–water partition coefficient (Wildman–Crippen LogP) is 17.8. The molecule has 0 saturated carbocycles. The quantitative estimate of drug-likeness (QED) is 0.0459. The van der Waals surface area contributed by atoms with Gasteiger partial charge in [-0.15, -0.1) is 0 Å². The van der Waals surface area contributed by atoms with Crippen molar-refractivity contribution in [2.45, 2.75) is 79.2 Å². The summed E-state index contributed by atoms with van der Waals surface area (Å²) in [5, 5.41) is 20.7. The van der Waals surface area contributed by atoms with Crippen LogP contribution in [0.4, 0.5) is 86.3 Å². The summed E-state index contributed by atoms with van der Waals surface area (Å²) in [6, 6.07) is 51.1. The number of carbonyl (C=O) groups is 4. The van der Waals surface area contributed by atoms with E-state index in [1.165, 1.54) is 45.5 Å². The zero-order valence-electron chi connectivity index (χ0n) is 85.1. The Labute approximate surface area is 853 Å². The lowest BCUT2D eigenvalue weighted by Crippen LogP contribution is -2.46. The zero-order chi connectivity index (χ0) is 106. The van der Waals surface area contributed by atoms with Crippen LogP contribution < -0.4 is 68.0 Å². The van der Waals surface area contributed by atoms with Crippen molar-refractivity contribution in [1.29, 1.82) is 5.26 Å². The summed E-state index contributed by atoms with van der Waals surface area (Å²) in [7, 11) is 10.4. The fraction of sp³-hybridized carbons (Fsp3) is 0.348. The Hall–Kier alpha value is -14.9.